The summed E-state index contributed by atoms with van der Waals surface area (Å²) in [5.41, 5.74) is 1.59. The predicted molar refractivity (Wildman–Crippen MR) is 77.2 cm³/mol. The molecule has 5 heteroatoms. The highest BCUT2D eigenvalue weighted by Crippen LogP contribution is 2.33. The zero-order chi connectivity index (χ0) is 14.7. The molecule has 0 saturated heterocycles. The third-order valence-corrected chi connectivity index (χ3v) is 3.12. The molecular formula is C16H13NO4. The molecule has 0 aliphatic carbocycles. The molecule has 0 aromatic heterocycles. The lowest BCUT2D eigenvalue weighted by Crippen LogP contribution is -2.20. The van der Waals surface area contributed by atoms with Crippen LogP contribution in [0.5, 0.6) is 11.5 Å². The van der Waals surface area contributed by atoms with Gasteiger partial charge in [-0.2, -0.15) is 0 Å². The second kappa shape index (κ2) is 5.66. The van der Waals surface area contributed by atoms with Crippen molar-refractivity contribution in [2.75, 3.05) is 18.5 Å². The Morgan fingerprint density at radius 3 is 2.57 bits per heavy atom. The molecule has 0 fully saturated rings. The number of hydrogen-bond acceptors (Lipinski definition) is 4. The van der Waals surface area contributed by atoms with Gasteiger partial charge in [0, 0.05) is 11.3 Å². The topological polar surface area (TPSA) is 64.6 Å². The number of aldehydes is 1. The van der Waals surface area contributed by atoms with E-state index in [9.17, 15) is 9.59 Å². The highest BCUT2D eigenvalue weighted by Gasteiger charge is 2.20. The van der Waals surface area contributed by atoms with Crippen LogP contribution in [-0.4, -0.2) is 25.4 Å². The Morgan fingerprint density at radius 2 is 1.81 bits per heavy atom. The average molecular weight is 283 g/mol. The van der Waals surface area contributed by atoms with Crippen molar-refractivity contribution in [1.82, 2.24) is 0 Å². The number of anilines is 1. The van der Waals surface area contributed by atoms with E-state index in [2.05, 4.69) is 5.32 Å². The maximum atomic E-state index is 12.3. The molecule has 0 radical (unpaired) electrons. The molecule has 21 heavy (non-hydrogen) atoms. The Kier molecular flexibility index (Phi) is 3.55. The number of fused-ring (bicyclic) bond motifs is 1. The molecule has 0 atom stereocenters. The number of hydrogen-bond donors (Lipinski definition) is 1. The molecule has 2 aromatic carbocycles. The van der Waals surface area contributed by atoms with Gasteiger partial charge in [0.2, 0.25) is 0 Å². The van der Waals surface area contributed by atoms with E-state index in [1.54, 1.807) is 42.5 Å². The van der Waals surface area contributed by atoms with E-state index in [0.29, 0.717) is 41.5 Å². The molecule has 1 amide bonds. The van der Waals surface area contributed by atoms with E-state index in [1.165, 1.54) is 0 Å². The summed E-state index contributed by atoms with van der Waals surface area (Å²) in [6.07, 6.45) is 0.754. The van der Waals surface area contributed by atoms with E-state index in [1.807, 2.05) is 0 Å². The number of ether oxygens (including phenoxy) is 2. The fraction of sp³-hybridized carbons (Fsp3) is 0.125. The molecular weight excluding hydrogens is 270 g/mol. The van der Waals surface area contributed by atoms with Crippen molar-refractivity contribution in [3.8, 4) is 11.5 Å². The van der Waals surface area contributed by atoms with Crippen LogP contribution in [0.3, 0.4) is 0 Å². The normalized spacial score (nSPS) is 12.6. The first kappa shape index (κ1) is 13.2. The van der Waals surface area contributed by atoms with Crippen LogP contribution in [0.4, 0.5) is 5.69 Å². The zero-order valence-corrected chi connectivity index (χ0v) is 11.2. The van der Waals surface area contributed by atoms with E-state index in [0.717, 1.165) is 6.29 Å². The first-order chi connectivity index (χ1) is 10.3. The second-order valence-electron chi connectivity index (χ2n) is 4.52. The van der Waals surface area contributed by atoms with Crippen LogP contribution in [0.25, 0.3) is 0 Å². The van der Waals surface area contributed by atoms with Gasteiger partial charge in [0.15, 0.2) is 11.5 Å². The second-order valence-corrected chi connectivity index (χ2v) is 4.52. The van der Waals surface area contributed by atoms with Gasteiger partial charge in [-0.15, -0.1) is 0 Å². The van der Waals surface area contributed by atoms with Crippen LogP contribution in [0.1, 0.15) is 20.7 Å². The van der Waals surface area contributed by atoms with Gasteiger partial charge in [-0.3, -0.25) is 9.59 Å². The zero-order valence-electron chi connectivity index (χ0n) is 11.2. The highest BCUT2D eigenvalue weighted by atomic mass is 16.6. The van der Waals surface area contributed by atoms with E-state index in [4.69, 9.17) is 9.47 Å². The summed E-state index contributed by atoms with van der Waals surface area (Å²) in [6.45, 7) is 0.899. The number of carbonyl (C=O) groups excluding carboxylic acids is 2. The molecule has 1 heterocycles. The lowest BCUT2D eigenvalue weighted by molar-refractivity contribution is 0.101. The first-order valence-electron chi connectivity index (χ1n) is 6.53. The maximum absolute atomic E-state index is 12.3. The summed E-state index contributed by atoms with van der Waals surface area (Å²) in [6, 6.07) is 11.8. The van der Waals surface area contributed by atoms with Crippen molar-refractivity contribution in [1.29, 1.82) is 0 Å². The van der Waals surface area contributed by atoms with Crippen LogP contribution < -0.4 is 14.8 Å². The van der Waals surface area contributed by atoms with Crippen LogP contribution in [0.15, 0.2) is 42.5 Å². The third kappa shape index (κ3) is 2.72. The largest absolute Gasteiger partial charge is 0.486 e. The Balaban J connectivity index is 1.83. The number of carbonyl (C=O) groups is 2. The molecule has 1 aliphatic heterocycles. The van der Waals surface area contributed by atoms with E-state index in [-0.39, 0.29) is 5.91 Å². The van der Waals surface area contributed by atoms with Crippen molar-refractivity contribution < 1.29 is 19.1 Å². The number of benzene rings is 2. The van der Waals surface area contributed by atoms with Crippen molar-refractivity contribution >= 4 is 17.9 Å². The smallest absolute Gasteiger partial charge is 0.259 e. The predicted octanol–water partition coefficient (Wildman–Crippen LogP) is 2.52. The van der Waals surface area contributed by atoms with Crippen LogP contribution in [0, 0.1) is 0 Å². The Morgan fingerprint density at radius 1 is 1.05 bits per heavy atom. The maximum Gasteiger partial charge on any atom is 0.259 e. The first-order valence-corrected chi connectivity index (χ1v) is 6.53. The van der Waals surface area contributed by atoms with Crippen molar-refractivity contribution in [2.45, 2.75) is 0 Å². The van der Waals surface area contributed by atoms with Gasteiger partial charge in [0.05, 0.1) is 5.56 Å². The number of rotatable bonds is 3. The lowest BCUT2D eigenvalue weighted by Gasteiger charge is -2.20. The molecule has 3 rings (SSSR count). The van der Waals surface area contributed by atoms with Crippen molar-refractivity contribution in [3.05, 3.63) is 53.6 Å². The lowest BCUT2D eigenvalue weighted by atomic mass is 10.1. The Bertz CT molecular complexity index is 679. The Hall–Kier alpha value is -2.82. The highest BCUT2D eigenvalue weighted by molar-refractivity contribution is 6.06. The van der Waals surface area contributed by atoms with Gasteiger partial charge < -0.3 is 14.8 Å². The quantitative estimate of drug-likeness (QED) is 0.879. The molecule has 2 aromatic rings. The molecule has 1 aliphatic rings. The third-order valence-electron chi connectivity index (χ3n) is 3.12. The van der Waals surface area contributed by atoms with Crippen molar-refractivity contribution in [3.63, 3.8) is 0 Å². The number of para-hydroxylation sites is 1. The van der Waals surface area contributed by atoms with E-state index >= 15 is 0 Å². The fourth-order valence-electron chi connectivity index (χ4n) is 2.10. The molecule has 0 bridgehead atoms. The fourth-order valence-corrected chi connectivity index (χ4v) is 2.10. The van der Waals surface area contributed by atoms with Crippen LogP contribution >= 0.6 is 0 Å². The van der Waals surface area contributed by atoms with Crippen molar-refractivity contribution in [2.24, 2.45) is 0 Å². The minimum atomic E-state index is -0.281. The monoisotopic (exact) mass is 283 g/mol. The molecule has 0 unspecified atom stereocenters. The standard InChI is InChI=1S/C16H13NO4/c18-10-11-4-6-12(7-5-11)17-16(19)13-2-1-3-14-15(13)21-9-8-20-14/h1-7,10H,8-9H2,(H,17,19). The van der Waals surface area contributed by atoms with Crippen LogP contribution in [0.2, 0.25) is 0 Å². The molecule has 5 nitrogen and oxygen atoms in total. The summed E-state index contributed by atoms with van der Waals surface area (Å²) < 4.78 is 11.0. The van der Waals surface area contributed by atoms with E-state index < -0.39 is 0 Å². The summed E-state index contributed by atoms with van der Waals surface area (Å²) >= 11 is 0. The average Bonchev–Trinajstić information content (AvgIpc) is 2.55. The van der Waals surface area contributed by atoms with Gasteiger partial charge >= 0.3 is 0 Å². The van der Waals surface area contributed by atoms with Crippen LogP contribution in [-0.2, 0) is 0 Å². The number of nitrogens with one attached hydrogen (secondary N) is 1. The van der Waals surface area contributed by atoms with Gasteiger partial charge in [-0.25, -0.2) is 0 Å². The van der Waals surface area contributed by atoms with Gasteiger partial charge in [-0.05, 0) is 36.4 Å². The summed E-state index contributed by atoms with van der Waals surface area (Å²) in [5.74, 6) is 0.757. The van der Waals surface area contributed by atoms with Gasteiger partial charge in [-0.1, -0.05) is 6.07 Å². The number of amides is 1. The summed E-state index contributed by atoms with van der Waals surface area (Å²) in [5, 5.41) is 2.77. The molecule has 106 valence electrons. The molecule has 0 saturated carbocycles. The van der Waals surface area contributed by atoms with Gasteiger partial charge in [0.25, 0.3) is 5.91 Å². The minimum Gasteiger partial charge on any atom is -0.486 e. The summed E-state index contributed by atoms with van der Waals surface area (Å²) in [7, 11) is 0. The summed E-state index contributed by atoms with van der Waals surface area (Å²) in [4.78, 5) is 22.9. The van der Waals surface area contributed by atoms with Gasteiger partial charge in [0.1, 0.15) is 19.5 Å². The SMILES string of the molecule is O=Cc1ccc(NC(=O)c2cccc3c2OCCO3)cc1. The molecule has 1 N–H and O–H groups in total. The Labute approximate surface area is 121 Å². The minimum absolute atomic E-state index is 0.281. The molecule has 0 spiro atoms.